The van der Waals surface area contributed by atoms with Crippen LogP contribution in [-0.4, -0.2) is 11.9 Å². The zero-order chi connectivity index (χ0) is 16.1. The maximum atomic E-state index is 11.8. The summed E-state index contributed by atoms with van der Waals surface area (Å²) in [6.45, 7) is 0.963. The molecule has 0 aliphatic carbocycles. The lowest BCUT2D eigenvalue weighted by Crippen LogP contribution is -2.34. The molecule has 5 heteroatoms. The summed E-state index contributed by atoms with van der Waals surface area (Å²) in [5.74, 6) is 0.0589. The minimum atomic E-state index is -0.195. The molecule has 3 rings (SSSR count). The first-order valence-corrected chi connectivity index (χ1v) is 7.68. The molecule has 0 unspecified atom stereocenters. The molecule has 0 aromatic heterocycles. The Kier molecular flexibility index (Phi) is 4.57. The lowest BCUT2D eigenvalue weighted by atomic mass is 10.0. The van der Waals surface area contributed by atoms with Gasteiger partial charge in [-0.25, -0.2) is 4.79 Å². The molecule has 0 atom stereocenters. The van der Waals surface area contributed by atoms with E-state index >= 15 is 0 Å². The Labute approximate surface area is 135 Å². The summed E-state index contributed by atoms with van der Waals surface area (Å²) >= 11 is 0. The molecular formula is C18H19N3O2. The summed E-state index contributed by atoms with van der Waals surface area (Å²) in [7, 11) is 0. The monoisotopic (exact) mass is 309 g/mol. The number of carbonyl (C=O) groups is 2. The van der Waals surface area contributed by atoms with Gasteiger partial charge in [0.05, 0.1) is 0 Å². The molecule has 23 heavy (non-hydrogen) atoms. The molecule has 118 valence electrons. The lowest BCUT2D eigenvalue weighted by Gasteiger charge is -2.17. The number of hydrogen-bond acceptors (Lipinski definition) is 2. The van der Waals surface area contributed by atoms with Gasteiger partial charge in [-0.15, -0.1) is 0 Å². The van der Waals surface area contributed by atoms with Crippen LogP contribution in [0.2, 0.25) is 0 Å². The predicted molar refractivity (Wildman–Crippen MR) is 88.9 cm³/mol. The van der Waals surface area contributed by atoms with Crippen LogP contribution < -0.4 is 16.0 Å². The zero-order valence-corrected chi connectivity index (χ0v) is 12.8. The van der Waals surface area contributed by atoms with Crippen molar-refractivity contribution in [1.82, 2.24) is 10.6 Å². The molecule has 0 saturated carbocycles. The van der Waals surface area contributed by atoms with Gasteiger partial charge in [-0.05, 0) is 29.2 Å². The third kappa shape index (κ3) is 4.10. The van der Waals surface area contributed by atoms with Crippen molar-refractivity contribution >= 4 is 17.6 Å². The second kappa shape index (κ2) is 6.96. The van der Waals surface area contributed by atoms with Gasteiger partial charge in [0.25, 0.3) is 0 Å². The Morgan fingerprint density at radius 2 is 1.70 bits per heavy atom. The van der Waals surface area contributed by atoms with E-state index in [1.165, 1.54) is 0 Å². The van der Waals surface area contributed by atoms with Gasteiger partial charge in [-0.1, -0.05) is 42.5 Å². The Balaban J connectivity index is 1.50. The number of anilines is 1. The fourth-order valence-electron chi connectivity index (χ4n) is 2.57. The minimum absolute atomic E-state index is 0.0589. The normalized spacial score (nSPS) is 13.0. The number of fused-ring (bicyclic) bond motifs is 1. The second-order valence-corrected chi connectivity index (χ2v) is 5.56. The van der Waals surface area contributed by atoms with E-state index in [0.29, 0.717) is 19.5 Å². The highest BCUT2D eigenvalue weighted by molar-refractivity contribution is 5.93. The Morgan fingerprint density at radius 3 is 2.48 bits per heavy atom. The van der Waals surface area contributed by atoms with E-state index in [9.17, 15) is 9.59 Å². The largest absolute Gasteiger partial charge is 0.334 e. The van der Waals surface area contributed by atoms with Crippen LogP contribution in [0.4, 0.5) is 10.5 Å². The smallest absolute Gasteiger partial charge is 0.315 e. The first kappa shape index (κ1) is 15.1. The van der Waals surface area contributed by atoms with Crippen molar-refractivity contribution in [2.75, 3.05) is 5.32 Å². The zero-order valence-electron chi connectivity index (χ0n) is 12.8. The van der Waals surface area contributed by atoms with Crippen molar-refractivity contribution < 1.29 is 9.59 Å². The molecule has 1 aliphatic heterocycles. The van der Waals surface area contributed by atoms with Crippen LogP contribution in [0.3, 0.4) is 0 Å². The second-order valence-electron chi connectivity index (χ2n) is 5.56. The van der Waals surface area contributed by atoms with Gasteiger partial charge < -0.3 is 16.0 Å². The predicted octanol–water partition coefficient (Wildman–Crippen LogP) is 2.57. The van der Waals surface area contributed by atoms with E-state index in [1.54, 1.807) is 0 Å². The van der Waals surface area contributed by atoms with Gasteiger partial charge >= 0.3 is 6.03 Å². The van der Waals surface area contributed by atoms with Gasteiger partial charge in [0.2, 0.25) is 5.91 Å². The van der Waals surface area contributed by atoms with E-state index in [0.717, 1.165) is 28.8 Å². The maximum Gasteiger partial charge on any atom is 0.315 e. The molecule has 1 heterocycles. The number of aryl methyl sites for hydroxylation is 1. The van der Waals surface area contributed by atoms with Gasteiger partial charge in [0.15, 0.2) is 0 Å². The molecule has 0 radical (unpaired) electrons. The van der Waals surface area contributed by atoms with E-state index in [2.05, 4.69) is 16.0 Å². The van der Waals surface area contributed by atoms with Gasteiger partial charge in [-0.3, -0.25) is 4.79 Å². The first-order chi connectivity index (χ1) is 11.2. The average Bonchev–Trinajstić information content (AvgIpc) is 2.59. The van der Waals surface area contributed by atoms with Crippen LogP contribution in [0, 0.1) is 0 Å². The Hall–Kier alpha value is -2.82. The standard InChI is InChI=1S/C18H19N3O2/c22-17-9-7-15-10-14(6-8-16(15)21-17)12-20-18(23)19-11-13-4-2-1-3-5-13/h1-6,8,10H,7,9,11-12H2,(H,21,22)(H2,19,20,23). The number of benzene rings is 2. The van der Waals surface area contributed by atoms with Crippen molar-refractivity contribution in [3.8, 4) is 0 Å². The molecule has 2 aromatic carbocycles. The maximum absolute atomic E-state index is 11.8. The van der Waals surface area contributed by atoms with Crippen LogP contribution in [0.1, 0.15) is 23.1 Å². The van der Waals surface area contributed by atoms with Crippen LogP contribution >= 0.6 is 0 Å². The number of hydrogen-bond donors (Lipinski definition) is 3. The summed E-state index contributed by atoms with van der Waals surface area (Å²) in [6, 6.07) is 15.4. The number of carbonyl (C=O) groups excluding carboxylic acids is 2. The van der Waals surface area contributed by atoms with E-state index < -0.39 is 0 Å². The number of nitrogens with one attached hydrogen (secondary N) is 3. The van der Waals surface area contributed by atoms with Crippen LogP contribution in [0.5, 0.6) is 0 Å². The molecule has 0 bridgehead atoms. The molecule has 1 aliphatic rings. The summed E-state index contributed by atoms with van der Waals surface area (Å²) in [5, 5.41) is 8.53. The van der Waals surface area contributed by atoms with Gasteiger partial charge in [-0.2, -0.15) is 0 Å². The minimum Gasteiger partial charge on any atom is -0.334 e. The molecule has 2 aromatic rings. The highest BCUT2D eigenvalue weighted by atomic mass is 16.2. The molecule has 0 fully saturated rings. The fourth-order valence-corrected chi connectivity index (χ4v) is 2.57. The van der Waals surface area contributed by atoms with Crippen molar-refractivity contribution in [2.24, 2.45) is 0 Å². The summed E-state index contributed by atoms with van der Waals surface area (Å²) in [4.78, 5) is 23.2. The van der Waals surface area contributed by atoms with E-state index in [1.807, 2.05) is 48.5 Å². The quantitative estimate of drug-likeness (QED) is 0.812. The molecule has 5 nitrogen and oxygen atoms in total. The lowest BCUT2D eigenvalue weighted by molar-refractivity contribution is -0.116. The SMILES string of the molecule is O=C1CCc2cc(CNC(=O)NCc3ccccc3)ccc2N1. The van der Waals surface area contributed by atoms with Crippen molar-refractivity contribution in [3.63, 3.8) is 0 Å². The van der Waals surface area contributed by atoms with Crippen LogP contribution in [0.15, 0.2) is 48.5 Å². The average molecular weight is 309 g/mol. The summed E-state index contributed by atoms with van der Waals surface area (Å²) in [5.41, 5.74) is 4.08. The Morgan fingerprint density at radius 1 is 0.957 bits per heavy atom. The van der Waals surface area contributed by atoms with E-state index in [4.69, 9.17) is 0 Å². The molecular weight excluding hydrogens is 290 g/mol. The molecule has 0 spiro atoms. The van der Waals surface area contributed by atoms with E-state index in [-0.39, 0.29) is 11.9 Å². The van der Waals surface area contributed by atoms with Crippen molar-refractivity contribution in [3.05, 3.63) is 65.2 Å². The van der Waals surface area contributed by atoms with Gasteiger partial charge in [0.1, 0.15) is 0 Å². The third-order valence-electron chi connectivity index (χ3n) is 3.81. The first-order valence-electron chi connectivity index (χ1n) is 7.68. The highest BCUT2D eigenvalue weighted by Crippen LogP contribution is 2.23. The number of amides is 3. The van der Waals surface area contributed by atoms with Crippen molar-refractivity contribution in [2.45, 2.75) is 25.9 Å². The van der Waals surface area contributed by atoms with Gasteiger partial charge in [0, 0.05) is 25.2 Å². The molecule has 3 N–H and O–H groups in total. The summed E-state index contributed by atoms with van der Waals surface area (Å²) < 4.78 is 0. The third-order valence-corrected chi connectivity index (χ3v) is 3.81. The van der Waals surface area contributed by atoms with Crippen LogP contribution in [-0.2, 0) is 24.3 Å². The highest BCUT2D eigenvalue weighted by Gasteiger charge is 2.14. The Bertz CT molecular complexity index is 713. The fraction of sp³-hybridized carbons (Fsp3) is 0.222. The summed E-state index contributed by atoms with van der Waals surface area (Å²) in [6.07, 6.45) is 1.26. The van der Waals surface area contributed by atoms with Crippen molar-refractivity contribution in [1.29, 1.82) is 0 Å². The number of rotatable bonds is 4. The number of urea groups is 1. The molecule has 3 amide bonds. The molecule has 0 saturated heterocycles. The topological polar surface area (TPSA) is 70.2 Å². The van der Waals surface area contributed by atoms with Crippen LogP contribution in [0.25, 0.3) is 0 Å².